The Kier molecular flexibility index (Phi) is 2.70. The van der Waals surface area contributed by atoms with Gasteiger partial charge in [0.15, 0.2) is 0 Å². The zero-order chi connectivity index (χ0) is 14.2. The van der Waals surface area contributed by atoms with E-state index in [1.165, 1.54) is 51.4 Å². The summed E-state index contributed by atoms with van der Waals surface area (Å²) in [5.74, 6) is 4.29. The third-order valence-corrected chi connectivity index (χ3v) is 7.44. The first-order chi connectivity index (χ1) is 10.1. The van der Waals surface area contributed by atoms with Crippen LogP contribution in [0.25, 0.3) is 0 Å². The summed E-state index contributed by atoms with van der Waals surface area (Å²) in [5.41, 5.74) is 1.42. The van der Waals surface area contributed by atoms with Gasteiger partial charge in [0.05, 0.1) is 9.26 Å². The highest BCUT2D eigenvalue weighted by molar-refractivity contribution is 14.1. The maximum atomic E-state index is 12.4. The topological polar surface area (TPSA) is 45.8 Å². The summed E-state index contributed by atoms with van der Waals surface area (Å²) < 4.78 is 0.837. The summed E-state index contributed by atoms with van der Waals surface area (Å²) in [4.78, 5) is 20.6. The molecule has 5 aliphatic rings. The van der Waals surface area contributed by atoms with Crippen molar-refractivity contribution in [2.75, 3.05) is 0 Å². The number of aromatic nitrogens is 2. The standard InChI is InChI=1S/C17H21IN2O/c18-13-14(12-1-2-12)19-16(20-15(13)21)17-6-9-3-10(7-17)5-11(4-9)8-17/h9-12H,1-8H2,(H,19,20,21). The fourth-order valence-corrected chi connectivity index (χ4v) is 6.45. The molecule has 0 amide bonds. The van der Waals surface area contributed by atoms with Crippen LogP contribution in [0.1, 0.15) is 68.8 Å². The first-order valence-electron chi connectivity index (χ1n) is 8.43. The van der Waals surface area contributed by atoms with Gasteiger partial charge in [0, 0.05) is 11.3 Å². The second-order valence-corrected chi connectivity index (χ2v) is 9.16. The Bertz CT molecular complexity index is 626. The number of nitrogens with one attached hydrogen (secondary N) is 1. The number of hydrogen-bond donors (Lipinski definition) is 1. The van der Waals surface area contributed by atoms with Gasteiger partial charge < -0.3 is 4.98 Å². The molecule has 3 nitrogen and oxygen atoms in total. The van der Waals surface area contributed by atoms with Crippen LogP contribution in [0.5, 0.6) is 0 Å². The summed E-state index contributed by atoms with van der Waals surface area (Å²) in [6.45, 7) is 0. The first-order valence-corrected chi connectivity index (χ1v) is 9.51. The Morgan fingerprint density at radius 3 is 2.14 bits per heavy atom. The van der Waals surface area contributed by atoms with Crippen molar-refractivity contribution >= 4 is 22.6 Å². The predicted molar refractivity (Wildman–Crippen MR) is 89.4 cm³/mol. The highest BCUT2D eigenvalue weighted by Crippen LogP contribution is 2.60. The van der Waals surface area contributed by atoms with Crippen molar-refractivity contribution in [2.24, 2.45) is 17.8 Å². The first kappa shape index (κ1) is 13.1. The van der Waals surface area contributed by atoms with Crippen molar-refractivity contribution < 1.29 is 0 Å². The lowest BCUT2D eigenvalue weighted by Gasteiger charge is -2.56. The Morgan fingerprint density at radius 2 is 1.62 bits per heavy atom. The molecule has 0 aromatic carbocycles. The van der Waals surface area contributed by atoms with Crippen LogP contribution < -0.4 is 5.56 Å². The molecule has 0 aliphatic heterocycles. The van der Waals surface area contributed by atoms with E-state index in [1.807, 2.05) is 0 Å². The Labute approximate surface area is 138 Å². The van der Waals surface area contributed by atoms with Crippen LogP contribution in [0, 0.1) is 21.3 Å². The van der Waals surface area contributed by atoms with E-state index in [4.69, 9.17) is 4.98 Å². The van der Waals surface area contributed by atoms with Crippen molar-refractivity contribution in [3.8, 4) is 0 Å². The molecular weight excluding hydrogens is 375 g/mol. The molecule has 0 saturated heterocycles. The van der Waals surface area contributed by atoms with Crippen molar-refractivity contribution in [1.29, 1.82) is 0 Å². The summed E-state index contributed by atoms with van der Waals surface area (Å²) in [6.07, 6.45) is 10.5. The molecule has 5 fully saturated rings. The zero-order valence-electron chi connectivity index (χ0n) is 12.2. The third-order valence-electron chi connectivity index (χ3n) is 6.39. The smallest absolute Gasteiger partial charge is 0.264 e. The number of aromatic amines is 1. The van der Waals surface area contributed by atoms with Gasteiger partial charge in [-0.15, -0.1) is 0 Å². The summed E-state index contributed by atoms with van der Waals surface area (Å²) >= 11 is 2.19. The van der Waals surface area contributed by atoms with E-state index in [2.05, 4.69) is 27.6 Å². The second-order valence-electron chi connectivity index (χ2n) is 8.09. The van der Waals surface area contributed by atoms with E-state index < -0.39 is 0 Å². The average molecular weight is 396 g/mol. The molecule has 0 unspecified atom stereocenters. The van der Waals surface area contributed by atoms with E-state index in [0.29, 0.717) is 5.92 Å². The molecule has 4 heteroatoms. The summed E-state index contributed by atoms with van der Waals surface area (Å²) in [6, 6.07) is 0. The molecule has 0 radical (unpaired) electrons. The molecule has 1 N–H and O–H groups in total. The fourth-order valence-electron chi connectivity index (χ4n) is 5.76. The fraction of sp³-hybridized carbons (Fsp3) is 0.765. The monoisotopic (exact) mass is 396 g/mol. The number of hydrogen-bond acceptors (Lipinski definition) is 2. The van der Waals surface area contributed by atoms with E-state index in [1.54, 1.807) is 0 Å². The van der Waals surface area contributed by atoms with Gasteiger partial charge in [-0.05, 0) is 91.7 Å². The molecule has 1 heterocycles. The van der Waals surface area contributed by atoms with Crippen molar-refractivity contribution in [2.45, 2.75) is 62.7 Å². The van der Waals surface area contributed by atoms with Gasteiger partial charge in [0.2, 0.25) is 0 Å². The largest absolute Gasteiger partial charge is 0.309 e. The summed E-state index contributed by atoms with van der Waals surface area (Å²) in [7, 11) is 0. The lowest BCUT2D eigenvalue weighted by molar-refractivity contribution is -0.00963. The number of nitrogens with zero attached hydrogens (tertiary/aromatic N) is 1. The van der Waals surface area contributed by atoms with Gasteiger partial charge in [0.25, 0.3) is 5.56 Å². The second kappa shape index (κ2) is 4.33. The Balaban J connectivity index is 1.62. The minimum Gasteiger partial charge on any atom is -0.309 e. The molecule has 5 saturated carbocycles. The minimum atomic E-state index is 0.109. The van der Waals surface area contributed by atoms with Crippen molar-refractivity contribution in [3.63, 3.8) is 0 Å². The molecule has 1 aromatic rings. The molecule has 5 aliphatic carbocycles. The lowest BCUT2D eigenvalue weighted by Crippen LogP contribution is -2.50. The van der Waals surface area contributed by atoms with Crippen LogP contribution >= 0.6 is 22.6 Å². The van der Waals surface area contributed by atoms with Gasteiger partial charge in [-0.2, -0.15) is 0 Å². The number of rotatable bonds is 2. The van der Waals surface area contributed by atoms with E-state index in [0.717, 1.165) is 32.8 Å². The van der Waals surface area contributed by atoms with Gasteiger partial charge in [0.1, 0.15) is 5.82 Å². The highest BCUT2D eigenvalue weighted by atomic mass is 127. The molecule has 4 bridgehead atoms. The molecule has 112 valence electrons. The molecule has 6 rings (SSSR count). The predicted octanol–water partition coefficient (Wildman–Crippen LogP) is 3.72. The van der Waals surface area contributed by atoms with Crippen LogP contribution in [-0.4, -0.2) is 9.97 Å². The molecule has 0 spiro atoms. The van der Waals surface area contributed by atoms with E-state index in [9.17, 15) is 4.79 Å². The van der Waals surface area contributed by atoms with Crippen LogP contribution in [0.4, 0.5) is 0 Å². The average Bonchev–Trinajstić information content (AvgIpc) is 3.24. The normalized spacial score (nSPS) is 40.7. The van der Waals surface area contributed by atoms with E-state index >= 15 is 0 Å². The maximum absolute atomic E-state index is 12.4. The maximum Gasteiger partial charge on any atom is 0.264 e. The quantitative estimate of drug-likeness (QED) is 0.775. The molecule has 0 atom stereocenters. The minimum absolute atomic E-state index is 0.109. The van der Waals surface area contributed by atoms with Crippen LogP contribution in [0.15, 0.2) is 4.79 Å². The van der Waals surface area contributed by atoms with Crippen LogP contribution in [0.2, 0.25) is 0 Å². The van der Waals surface area contributed by atoms with Gasteiger partial charge >= 0.3 is 0 Å². The highest BCUT2D eigenvalue weighted by Gasteiger charge is 2.53. The van der Waals surface area contributed by atoms with E-state index in [-0.39, 0.29) is 11.0 Å². The van der Waals surface area contributed by atoms with Crippen molar-refractivity contribution in [3.05, 3.63) is 25.4 Å². The SMILES string of the molecule is O=c1[nH]c(C23CC4CC(CC(C4)C2)C3)nc(C2CC2)c1I. The number of halogens is 1. The molecule has 21 heavy (non-hydrogen) atoms. The third kappa shape index (κ3) is 1.97. The van der Waals surface area contributed by atoms with Gasteiger partial charge in [-0.25, -0.2) is 4.98 Å². The van der Waals surface area contributed by atoms with Gasteiger partial charge in [-0.3, -0.25) is 4.79 Å². The van der Waals surface area contributed by atoms with Crippen LogP contribution in [0.3, 0.4) is 0 Å². The van der Waals surface area contributed by atoms with Crippen LogP contribution in [-0.2, 0) is 5.41 Å². The lowest BCUT2D eigenvalue weighted by atomic mass is 9.49. The van der Waals surface area contributed by atoms with Gasteiger partial charge in [-0.1, -0.05) is 0 Å². The zero-order valence-corrected chi connectivity index (χ0v) is 14.4. The Hall–Kier alpha value is -0.390. The molecular formula is C17H21IN2O. The Morgan fingerprint density at radius 1 is 1.05 bits per heavy atom. The number of H-pyrrole nitrogens is 1. The molecule has 1 aromatic heterocycles. The van der Waals surface area contributed by atoms with Crippen molar-refractivity contribution in [1.82, 2.24) is 9.97 Å². The summed E-state index contributed by atoms with van der Waals surface area (Å²) in [5, 5.41) is 0.